The first-order valence-electron chi connectivity index (χ1n) is 9.79. The molecule has 3 N–H and O–H groups in total. The van der Waals surface area contributed by atoms with Crippen LogP contribution in [0.15, 0.2) is 71.9 Å². The topological polar surface area (TPSA) is 112 Å². The van der Waals surface area contributed by atoms with Gasteiger partial charge in [0.25, 0.3) is 0 Å². The Bertz CT molecular complexity index is 1230. The molecule has 3 aromatic rings. The van der Waals surface area contributed by atoms with Gasteiger partial charge in [0.05, 0.1) is 27.5 Å². The Morgan fingerprint density at radius 3 is 2.61 bits per heavy atom. The van der Waals surface area contributed by atoms with E-state index in [0.717, 1.165) is 28.2 Å². The molecular weight excluding hydrogens is 408 g/mol. The molecule has 31 heavy (non-hydrogen) atoms. The number of aliphatic imine (C=N–C) groups is 1. The lowest BCUT2D eigenvalue weighted by Gasteiger charge is -2.34. The van der Waals surface area contributed by atoms with Gasteiger partial charge in [-0.15, -0.1) is 0 Å². The van der Waals surface area contributed by atoms with E-state index in [-0.39, 0.29) is 10.8 Å². The first-order chi connectivity index (χ1) is 15.0. The first-order valence-corrected chi connectivity index (χ1v) is 10.7. The van der Waals surface area contributed by atoms with Crippen molar-refractivity contribution in [3.05, 3.63) is 94.7 Å². The van der Waals surface area contributed by atoms with Crippen molar-refractivity contribution in [3.8, 4) is 6.07 Å². The third-order valence-corrected chi connectivity index (χ3v) is 6.83. The Morgan fingerprint density at radius 1 is 1.19 bits per heavy atom. The smallest absolute Gasteiger partial charge is 0.335 e. The highest BCUT2D eigenvalue weighted by Gasteiger charge is 2.48. The minimum atomic E-state index is -1.00. The maximum Gasteiger partial charge on any atom is 0.335 e. The molecule has 0 spiro atoms. The van der Waals surface area contributed by atoms with Crippen LogP contribution in [0.5, 0.6) is 0 Å². The largest absolute Gasteiger partial charge is 0.478 e. The molecular formula is C24H20N4O2S. The minimum Gasteiger partial charge on any atom is -0.478 e. The van der Waals surface area contributed by atoms with Gasteiger partial charge in [0, 0.05) is 6.20 Å². The number of rotatable bonds is 5. The molecule has 2 aromatic carbocycles. The number of hydrogen-bond donors (Lipinski definition) is 2. The summed E-state index contributed by atoms with van der Waals surface area (Å²) in [6.45, 7) is 2.04. The van der Waals surface area contributed by atoms with Crippen LogP contribution < -0.4 is 5.73 Å². The van der Waals surface area contributed by atoms with Crippen LogP contribution in [0.1, 0.15) is 51.2 Å². The summed E-state index contributed by atoms with van der Waals surface area (Å²) in [4.78, 5) is 21.0. The van der Waals surface area contributed by atoms with E-state index in [1.54, 1.807) is 42.2 Å². The SMILES string of the molecule is CCC1=NC(c2cccc(C#N)c2)(c2cccc(C(=O)O)c2)C(c2ccnc(N)c2)S1. The highest BCUT2D eigenvalue weighted by molar-refractivity contribution is 8.14. The lowest BCUT2D eigenvalue weighted by atomic mass is 9.77. The average molecular weight is 429 g/mol. The van der Waals surface area contributed by atoms with E-state index in [1.807, 2.05) is 43.3 Å². The van der Waals surface area contributed by atoms with Crippen LogP contribution in [0, 0.1) is 11.3 Å². The molecule has 7 heteroatoms. The Hall–Kier alpha value is -3.63. The van der Waals surface area contributed by atoms with Crippen molar-refractivity contribution in [2.24, 2.45) is 4.99 Å². The Morgan fingerprint density at radius 2 is 1.94 bits per heavy atom. The van der Waals surface area contributed by atoms with E-state index in [2.05, 4.69) is 11.1 Å². The summed E-state index contributed by atoms with van der Waals surface area (Å²) in [6, 6.07) is 20.1. The third kappa shape index (κ3) is 3.66. The number of nitrogens with two attached hydrogens (primary N) is 1. The van der Waals surface area contributed by atoms with Gasteiger partial charge in [-0.1, -0.05) is 43.0 Å². The standard InChI is InChI=1S/C24H20N4O2S/c1-2-21-28-24(18-7-3-5-15(11-18)14-25,19-8-4-6-17(12-19)23(29)30)22(31-21)16-9-10-27-20(26)13-16/h3-13,22H,2H2,1H3,(H2,26,27)(H,29,30). The van der Waals surface area contributed by atoms with Crippen molar-refractivity contribution < 1.29 is 9.90 Å². The minimum absolute atomic E-state index is 0.187. The second-order valence-electron chi connectivity index (χ2n) is 7.22. The molecule has 0 radical (unpaired) electrons. The number of carboxylic acids is 1. The molecule has 0 bridgehead atoms. The van der Waals surface area contributed by atoms with Crippen molar-refractivity contribution in [1.29, 1.82) is 5.26 Å². The maximum absolute atomic E-state index is 11.7. The summed E-state index contributed by atoms with van der Waals surface area (Å²) >= 11 is 1.63. The van der Waals surface area contributed by atoms with Crippen LogP contribution in [0.2, 0.25) is 0 Å². The lowest BCUT2D eigenvalue weighted by Crippen LogP contribution is -2.29. The molecule has 0 aliphatic carbocycles. The number of carboxylic acid groups (broad SMARTS) is 1. The van der Waals surface area contributed by atoms with Gasteiger partial charge in [0.15, 0.2) is 0 Å². The monoisotopic (exact) mass is 428 g/mol. The number of carbonyl (C=O) groups is 1. The molecule has 2 atom stereocenters. The molecule has 154 valence electrons. The van der Waals surface area contributed by atoms with Crippen LogP contribution in [0.4, 0.5) is 5.82 Å². The lowest BCUT2D eigenvalue weighted by molar-refractivity contribution is 0.0696. The zero-order chi connectivity index (χ0) is 22.0. The number of nitrogens with zero attached hydrogens (tertiary/aromatic N) is 3. The quantitative estimate of drug-likeness (QED) is 0.605. The average Bonchev–Trinajstić information content (AvgIpc) is 3.20. The molecule has 0 saturated heterocycles. The number of nitrogen functional groups attached to an aromatic ring is 1. The predicted octanol–water partition coefficient (Wildman–Crippen LogP) is 4.77. The first kappa shape index (κ1) is 20.6. The summed E-state index contributed by atoms with van der Waals surface area (Å²) in [5, 5.41) is 19.8. The molecule has 6 nitrogen and oxygen atoms in total. The van der Waals surface area contributed by atoms with Gasteiger partial charge in [0.2, 0.25) is 0 Å². The number of thioether (sulfide) groups is 1. The molecule has 1 aromatic heterocycles. The molecule has 1 aliphatic rings. The fourth-order valence-electron chi connectivity index (χ4n) is 3.92. The van der Waals surface area contributed by atoms with Gasteiger partial charge in [-0.3, -0.25) is 4.99 Å². The Balaban J connectivity index is 2.05. The summed E-state index contributed by atoms with van der Waals surface area (Å²) < 4.78 is 0. The van der Waals surface area contributed by atoms with Gasteiger partial charge < -0.3 is 10.8 Å². The van der Waals surface area contributed by atoms with Crippen molar-refractivity contribution in [1.82, 2.24) is 4.98 Å². The van der Waals surface area contributed by atoms with Gasteiger partial charge in [-0.2, -0.15) is 5.26 Å². The summed E-state index contributed by atoms with van der Waals surface area (Å²) in [5.41, 5.74) is 8.29. The van der Waals surface area contributed by atoms with Crippen molar-refractivity contribution >= 4 is 28.6 Å². The van der Waals surface area contributed by atoms with Crippen LogP contribution >= 0.6 is 11.8 Å². The van der Waals surface area contributed by atoms with E-state index in [1.165, 1.54) is 0 Å². The van der Waals surface area contributed by atoms with E-state index in [4.69, 9.17) is 10.7 Å². The molecule has 0 fully saturated rings. The number of benzene rings is 2. The summed E-state index contributed by atoms with van der Waals surface area (Å²) in [6.07, 6.45) is 2.40. The van der Waals surface area contributed by atoms with Gasteiger partial charge >= 0.3 is 5.97 Å². The number of hydrogen-bond acceptors (Lipinski definition) is 6. The van der Waals surface area contributed by atoms with E-state index >= 15 is 0 Å². The summed E-state index contributed by atoms with van der Waals surface area (Å²) in [7, 11) is 0. The molecule has 1 aliphatic heterocycles. The number of anilines is 1. The van der Waals surface area contributed by atoms with E-state index < -0.39 is 11.5 Å². The van der Waals surface area contributed by atoms with Gasteiger partial charge in [-0.05, 0) is 59.5 Å². The number of nitriles is 1. The molecule has 2 unspecified atom stereocenters. The van der Waals surface area contributed by atoms with Crippen LogP contribution in [-0.2, 0) is 5.54 Å². The number of pyridine rings is 1. The number of aromatic nitrogens is 1. The van der Waals surface area contributed by atoms with Gasteiger partial charge in [-0.25, -0.2) is 9.78 Å². The second kappa shape index (κ2) is 8.25. The zero-order valence-electron chi connectivity index (χ0n) is 16.8. The second-order valence-corrected chi connectivity index (χ2v) is 8.39. The molecule has 0 amide bonds. The van der Waals surface area contributed by atoms with Crippen molar-refractivity contribution in [3.63, 3.8) is 0 Å². The van der Waals surface area contributed by atoms with E-state index in [9.17, 15) is 15.2 Å². The van der Waals surface area contributed by atoms with Crippen LogP contribution in [0.25, 0.3) is 0 Å². The fraction of sp³-hybridized carbons (Fsp3) is 0.167. The highest BCUT2D eigenvalue weighted by atomic mass is 32.2. The van der Waals surface area contributed by atoms with Crippen molar-refractivity contribution in [2.45, 2.75) is 24.1 Å². The predicted molar refractivity (Wildman–Crippen MR) is 122 cm³/mol. The van der Waals surface area contributed by atoms with Crippen LogP contribution in [-0.4, -0.2) is 21.1 Å². The third-order valence-electron chi connectivity index (χ3n) is 5.33. The number of aromatic carboxylic acids is 1. The summed E-state index contributed by atoms with van der Waals surface area (Å²) in [5.74, 6) is -0.597. The Labute approximate surface area is 184 Å². The fourth-order valence-corrected chi connectivity index (χ4v) is 5.33. The maximum atomic E-state index is 11.7. The Kier molecular flexibility index (Phi) is 5.49. The zero-order valence-corrected chi connectivity index (χ0v) is 17.6. The van der Waals surface area contributed by atoms with E-state index in [0.29, 0.717) is 11.4 Å². The molecule has 2 heterocycles. The van der Waals surface area contributed by atoms with Crippen molar-refractivity contribution in [2.75, 3.05) is 5.73 Å². The normalized spacial score (nSPS) is 20.1. The van der Waals surface area contributed by atoms with Gasteiger partial charge in [0.1, 0.15) is 11.4 Å². The van der Waals surface area contributed by atoms with Crippen LogP contribution in [0.3, 0.4) is 0 Å². The highest BCUT2D eigenvalue weighted by Crippen LogP contribution is 2.57. The molecule has 0 saturated carbocycles. The molecule has 4 rings (SSSR count).